The number of ketones is 1. The third-order valence-electron chi connectivity index (χ3n) is 6.61. The molecule has 0 radical (unpaired) electrons. The van der Waals surface area contributed by atoms with Crippen molar-refractivity contribution < 1.29 is 15.0 Å². The second kappa shape index (κ2) is 8.64. The normalized spacial score (nSPS) is 11.4. The lowest BCUT2D eigenvalue weighted by Gasteiger charge is -2.05. The lowest BCUT2D eigenvalue weighted by Crippen LogP contribution is -2.25. The molecule has 190 valence electrons. The summed E-state index contributed by atoms with van der Waals surface area (Å²) in [5.41, 5.74) is -4.29. The van der Waals surface area contributed by atoms with E-state index in [0.717, 1.165) is 6.07 Å². The maximum absolute atomic E-state index is 13.9. The van der Waals surface area contributed by atoms with Gasteiger partial charge in [0.15, 0.2) is 5.78 Å². The van der Waals surface area contributed by atoms with Crippen LogP contribution in [0.25, 0.3) is 32.9 Å². The number of phenolic OH excluding ortho intramolecular Hbond substituents is 2. The number of phenols is 2. The summed E-state index contributed by atoms with van der Waals surface area (Å²) in [6.45, 7) is 0. The van der Waals surface area contributed by atoms with Gasteiger partial charge in [-0.1, -0.05) is 35.9 Å². The van der Waals surface area contributed by atoms with E-state index in [-0.39, 0.29) is 50.0 Å². The summed E-state index contributed by atoms with van der Waals surface area (Å²) in [7, 11) is 0. The number of fused-ring (bicyclic) bond motifs is 2. The Hall–Kier alpha value is -5.28. The summed E-state index contributed by atoms with van der Waals surface area (Å²) in [4.78, 5) is 68.4. The zero-order valence-corrected chi connectivity index (χ0v) is 20.5. The summed E-state index contributed by atoms with van der Waals surface area (Å²) < 4.78 is 1.40. The number of para-hydroxylation sites is 4. The lowest BCUT2D eigenvalue weighted by atomic mass is 9.95. The molecule has 0 atom stereocenters. The number of nitrogens with zero attached hydrogens (tertiary/aromatic N) is 2. The van der Waals surface area contributed by atoms with Gasteiger partial charge in [0.1, 0.15) is 11.5 Å². The smallest absolute Gasteiger partial charge is 0.267 e. The number of carbonyl (C=O) groups excluding carboxylic acids is 1. The molecule has 2 heterocycles. The van der Waals surface area contributed by atoms with Crippen LogP contribution in [0.5, 0.6) is 11.5 Å². The largest absolute Gasteiger partial charge is 0.506 e. The van der Waals surface area contributed by atoms with Gasteiger partial charge in [-0.2, -0.15) is 0 Å². The molecule has 0 unspecified atom stereocenters. The molecule has 0 saturated carbocycles. The molecule has 10 heteroatoms. The Kier molecular flexibility index (Phi) is 5.34. The van der Waals surface area contributed by atoms with Crippen molar-refractivity contribution in [2.24, 2.45) is 0 Å². The summed E-state index contributed by atoms with van der Waals surface area (Å²) >= 11 is 5.97. The Morgan fingerprint density at radius 1 is 0.615 bits per heavy atom. The maximum Gasteiger partial charge on any atom is 0.267 e. The number of aromatic hydroxyl groups is 2. The number of rotatable bonds is 4. The fraction of sp³-hybridized carbons (Fsp3) is 0. The average Bonchev–Trinajstić information content (AvgIpc) is 3.32. The van der Waals surface area contributed by atoms with Crippen LogP contribution in [-0.4, -0.2) is 25.1 Å². The van der Waals surface area contributed by atoms with Crippen molar-refractivity contribution in [2.75, 3.05) is 0 Å². The monoisotopic (exact) mass is 538 g/mol. The van der Waals surface area contributed by atoms with Crippen LogP contribution in [0.4, 0.5) is 0 Å². The molecule has 0 aliphatic heterocycles. The molecule has 0 aliphatic rings. The molecule has 0 bridgehead atoms. The zero-order chi connectivity index (χ0) is 27.6. The highest BCUT2D eigenvalue weighted by Gasteiger charge is 2.30. The van der Waals surface area contributed by atoms with Gasteiger partial charge >= 0.3 is 0 Å². The molecule has 2 aromatic heterocycles. The first kappa shape index (κ1) is 24.1. The Labute approximate surface area is 222 Å². The minimum absolute atomic E-state index is 0.0533. The van der Waals surface area contributed by atoms with Crippen molar-refractivity contribution in [3.05, 3.63) is 136 Å². The number of carbonyl (C=O) groups is 1. The molecule has 0 aliphatic carbocycles. The Morgan fingerprint density at radius 2 is 1.05 bits per heavy atom. The number of halogens is 1. The minimum Gasteiger partial charge on any atom is -0.506 e. The van der Waals surface area contributed by atoms with Crippen molar-refractivity contribution >= 4 is 38.9 Å². The van der Waals surface area contributed by atoms with E-state index in [1.807, 2.05) is 0 Å². The van der Waals surface area contributed by atoms with Crippen LogP contribution >= 0.6 is 11.6 Å². The predicted molar refractivity (Wildman–Crippen MR) is 146 cm³/mol. The molecule has 39 heavy (non-hydrogen) atoms. The fourth-order valence-electron chi connectivity index (χ4n) is 4.83. The van der Waals surface area contributed by atoms with Crippen molar-refractivity contribution in [2.45, 2.75) is 0 Å². The van der Waals surface area contributed by atoms with E-state index in [2.05, 4.69) is 0 Å². The first-order valence-corrected chi connectivity index (χ1v) is 11.9. The van der Waals surface area contributed by atoms with E-state index in [1.165, 1.54) is 72.8 Å². The van der Waals surface area contributed by atoms with Gasteiger partial charge in [-0.3, -0.25) is 24.0 Å². The molecule has 6 rings (SSSR count). The van der Waals surface area contributed by atoms with E-state index in [1.54, 1.807) is 0 Å². The highest BCUT2D eigenvalue weighted by molar-refractivity contribution is 6.31. The maximum atomic E-state index is 13.9. The summed E-state index contributed by atoms with van der Waals surface area (Å²) in [6, 6.07) is 18.1. The average molecular weight is 539 g/mol. The number of hydrogen-bond acceptors (Lipinski definition) is 7. The van der Waals surface area contributed by atoms with E-state index < -0.39 is 33.6 Å². The highest BCUT2D eigenvalue weighted by Crippen LogP contribution is 2.28. The Balaban J connectivity index is 1.82. The van der Waals surface area contributed by atoms with E-state index in [0.29, 0.717) is 14.2 Å². The van der Waals surface area contributed by atoms with Crippen LogP contribution in [0.1, 0.15) is 15.9 Å². The molecule has 0 amide bonds. The number of hydrogen-bond donors (Lipinski definition) is 2. The quantitative estimate of drug-likeness (QED) is 0.329. The summed E-state index contributed by atoms with van der Waals surface area (Å²) in [6.07, 6.45) is 0. The van der Waals surface area contributed by atoms with Crippen molar-refractivity contribution in [1.82, 2.24) is 9.13 Å². The molecular weight excluding hydrogens is 524 g/mol. The lowest BCUT2D eigenvalue weighted by molar-refractivity contribution is 0.104. The van der Waals surface area contributed by atoms with Gasteiger partial charge in [-0.05, 0) is 54.6 Å². The van der Waals surface area contributed by atoms with Crippen LogP contribution in [0, 0.1) is 0 Å². The van der Waals surface area contributed by atoms with E-state index in [9.17, 15) is 34.2 Å². The Bertz CT molecular complexity index is 2080. The minimum atomic E-state index is -0.946. The van der Waals surface area contributed by atoms with Gasteiger partial charge in [-0.15, -0.1) is 0 Å². The van der Waals surface area contributed by atoms with Gasteiger partial charge < -0.3 is 10.2 Å². The van der Waals surface area contributed by atoms with Crippen LogP contribution < -0.4 is 22.2 Å². The van der Waals surface area contributed by atoms with Gasteiger partial charge in [-0.25, -0.2) is 9.13 Å². The first-order chi connectivity index (χ1) is 18.7. The standard InChI is InChI=1S/C29H15ClN2O7/c30-15-11-9-14(10-12-15)25(35)24-22-16(26(36)31(28(22)38)18-5-1-3-7-20(18)33)13-17-23(24)29(39)32(27(17)37)19-6-2-4-8-21(19)34/h1-13,33-34H. The van der Waals surface area contributed by atoms with Gasteiger partial charge in [0.05, 0.1) is 32.9 Å². The van der Waals surface area contributed by atoms with Crippen LogP contribution in [0.3, 0.4) is 0 Å². The molecule has 0 fully saturated rings. The Morgan fingerprint density at radius 3 is 1.49 bits per heavy atom. The van der Waals surface area contributed by atoms with Crippen molar-refractivity contribution in [3.8, 4) is 22.9 Å². The third-order valence-corrected chi connectivity index (χ3v) is 6.86. The molecule has 2 N–H and O–H groups in total. The predicted octanol–water partition coefficient (Wildman–Crippen LogP) is 3.19. The zero-order valence-electron chi connectivity index (χ0n) is 19.7. The van der Waals surface area contributed by atoms with Crippen LogP contribution in [0.15, 0.2) is 98.0 Å². The molecule has 9 nitrogen and oxygen atoms in total. The SMILES string of the molecule is O=C(c1ccc(Cl)cc1)c1c2c(=O)n(-c3ccccc3O)c(=O)c2cc2c(=O)n(-c3ccccc3O)c(=O)c12. The van der Waals surface area contributed by atoms with Gasteiger partial charge in [0.2, 0.25) is 0 Å². The fourth-order valence-corrected chi connectivity index (χ4v) is 4.96. The molecule has 4 aromatic carbocycles. The second-order valence-corrected chi connectivity index (χ2v) is 9.24. The molecule has 0 spiro atoms. The van der Waals surface area contributed by atoms with Crippen LogP contribution in [-0.2, 0) is 0 Å². The van der Waals surface area contributed by atoms with Crippen LogP contribution in [0.2, 0.25) is 5.02 Å². The first-order valence-electron chi connectivity index (χ1n) is 11.6. The second-order valence-electron chi connectivity index (χ2n) is 8.80. The van der Waals surface area contributed by atoms with Crippen molar-refractivity contribution in [1.29, 1.82) is 0 Å². The highest BCUT2D eigenvalue weighted by atomic mass is 35.5. The molecule has 6 aromatic rings. The topological polar surface area (TPSA) is 136 Å². The van der Waals surface area contributed by atoms with E-state index in [4.69, 9.17) is 11.6 Å². The van der Waals surface area contributed by atoms with E-state index >= 15 is 0 Å². The number of benzene rings is 4. The number of aromatic nitrogens is 2. The van der Waals surface area contributed by atoms with Gasteiger partial charge in [0, 0.05) is 16.1 Å². The summed E-state index contributed by atoms with van der Waals surface area (Å²) in [5.74, 6) is -1.51. The van der Waals surface area contributed by atoms with Gasteiger partial charge in [0.25, 0.3) is 22.2 Å². The third kappa shape index (κ3) is 3.44. The summed E-state index contributed by atoms with van der Waals surface area (Å²) in [5, 5.41) is 19.7. The van der Waals surface area contributed by atoms with Crippen molar-refractivity contribution in [3.63, 3.8) is 0 Å². The molecule has 0 saturated heterocycles. The molecular formula is C29H15ClN2O7.